The van der Waals surface area contributed by atoms with Gasteiger partial charge in [0.05, 0.1) is 0 Å². The van der Waals surface area contributed by atoms with Crippen LogP contribution < -0.4 is 11.1 Å². The summed E-state index contributed by atoms with van der Waals surface area (Å²) in [7, 11) is 0. The highest BCUT2D eigenvalue weighted by Gasteiger charge is 2.05. The number of hydrogen-bond donors (Lipinski definition) is 2. The molecule has 98 valence electrons. The molecule has 2 aromatic rings. The Hall–Kier alpha value is -2.20. The lowest BCUT2D eigenvalue weighted by Crippen LogP contribution is -2.13. The molecule has 0 aliphatic rings. The lowest BCUT2D eigenvalue weighted by Gasteiger charge is -2.08. The summed E-state index contributed by atoms with van der Waals surface area (Å²) in [6.45, 7) is 0.211. The molecule has 5 heteroatoms. The Balaban J connectivity index is 1.91. The van der Waals surface area contributed by atoms with Crippen LogP contribution in [0.25, 0.3) is 0 Å². The molecule has 0 fully saturated rings. The molecule has 0 bridgehead atoms. The molecule has 0 aromatic heterocycles. The van der Waals surface area contributed by atoms with Gasteiger partial charge < -0.3 is 10.5 Å². The maximum Gasteiger partial charge on any atom is 0.411 e. The van der Waals surface area contributed by atoms with Crippen molar-refractivity contribution in [2.45, 2.75) is 6.61 Å². The minimum Gasteiger partial charge on any atom is -0.444 e. The highest BCUT2D eigenvalue weighted by atomic mass is 35.5. The van der Waals surface area contributed by atoms with Crippen molar-refractivity contribution in [3.05, 3.63) is 59.1 Å². The van der Waals surface area contributed by atoms with E-state index in [9.17, 15) is 4.79 Å². The maximum absolute atomic E-state index is 11.6. The zero-order valence-corrected chi connectivity index (χ0v) is 10.9. The Labute approximate surface area is 116 Å². The van der Waals surface area contributed by atoms with Crippen molar-refractivity contribution in [3.63, 3.8) is 0 Å². The first-order valence-corrected chi connectivity index (χ1v) is 6.05. The summed E-state index contributed by atoms with van der Waals surface area (Å²) < 4.78 is 5.08. The lowest BCUT2D eigenvalue weighted by atomic mass is 10.2. The van der Waals surface area contributed by atoms with Gasteiger partial charge in [0.2, 0.25) is 0 Å². The Kier molecular flexibility index (Phi) is 4.26. The highest BCUT2D eigenvalue weighted by Crippen LogP contribution is 2.20. The van der Waals surface area contributed by atoms with E-state index in [2.05, 4.69) is 5.32 Å². The number of hydrogen-bond acceptors (Lipinski definition) is 3. The Morgan fingerprint density at radius 2 is 1.95 bits per heavy atom. The molecule has 0 radical (unpaired) electrons. The van der Waals surface area contributed by atoms with E-state index < -0.39 is 6.09 Å². The second kappa shape index (κ2) is 6.11. The van der Waals surface area contributed by atoms with Crippen molar-refractivity contribution in [1.29, 1.82) is 0 Å². The van der Waals surface area contributed by atoms with Gasteiger partial charge in [0.25, 0.3) is 0 Å². The number of anilines is 2. The first-order chi connectivity index (χ1) is 9.13. The van der Waals surface area contributed by atoms with Gasteiger partial charge in [-0.3, -0.25) is 5.32 Å². The molecule has 2 aromatic carbocycles. The molecule has 1 amide bonds. The minimum atomic E-state index is -0.550. The van der Waals surface area contributed by atoms with Gasteiger partial charge in [-0.1, -0.05) is 41.9 Å². The predicted octanol–water partition coefficient (Wildman–Crippen LogP) is 3.67. The number of nitrogens with one attached hydrogen (secondary N) is 1. The number of carbonyl (C=O) groups excluding carboxylic acids is 1. The molecule has 0 heterocycles. The third-order valence-electron chi connectivity index (χ3n) is 2.38. The number of halogens is 1. The SMILES string of the molecule is Nc1cc(Cl)cc(NC(=O)OCc2ccccc2)c1. The smallest absolute Gasteiger partial charge is 0.411 e. The summed E-state index contributed by atoms with van der Waals surface area (Å²) >= 11 is 5.83. The average molecular weight is 277 g/mol. The topological polar surface area (TPSA) is 64.3 Å². The number of ether oxygens (including phenoxy) is 1. The fraction of sp³-hybridized carbons (Fsp3) is 0.0714. The molecule has 0 atom stereocenters. The molecule has 0 spiro atoms. The van der Waals surface area contributed by atoms with Crippen LogP contribution in [0.1, 0.15) is 5.56 Å². The van der Waals surface area contributed by atoms with Gasteiger partial charge in [0.15, 0.2) is 0 Å². The molecule has 0 saturated carbocycles. The van der Waals surface area contributed by atoms with Crippen molar-refractivity contribution >= 4 is 29.1 Å². The Morgan fingerprint density at radius 3 is 2.63 bits per heavy atom. The van der Waals surface area contributed by atoms with Gasteiger partial charge in [0, 0.05) is 16.4 Å². The van der Waals surface area contributed by atoms with Gasteiger partial charge >= 0.3 is 6.09 Å². The molecule has 19 heavy (non-hydrogen) atoms. The van der Waals surface area contributed by atoms with Gasteiger partial charge in [0.1, 0.15) is 6.61 Å². The summed E-state index contributed by atoms with van der Waals surface area (Å²) in [6, 6.07) is 14.2. The van der Waals surface area contributed by atoms with Crippen molar-refractivity contribution in [2.75, 3.05) is 11.1 Å². The lowest BCUT2D eigenvalue weighted by molar-refractivity contribution is 0.155. The van der Waals surface area contributed by atoms with Gasteiger partial charge in [-0.25, -0.2) is 4.79 Å². The van der Waals surface area contributed by atoms with E-state index in [0.29, 0.717) is 16.4 Å². The first-order valence-electron chi connectivity index (χ1n) is 5.67. The second-order valence-electron chi connectivity index (χ2n) is 3.96. The second-order valence-corrected chi connectivity index (χ2v) is 4.40. The number of benzene rings is 2. The molecule has 0 aliphatic carbocycles. The molecule has 0 aliphatic heterocycles. The summed E-state index contributed by atoms with van der Waals surface area (Å²) in [4.78, 5) is 11.6. The zero-order valence-electron chi connectivity index (χ0n) is 10.1. The monoisotopic (exact) mass is 276 g/mol. The molecule has 3 N–H and O–H groups in total. The summed E-state index contributed by atoms with van der Waals surface area (Å²) in [5.74, 6) is 0. The summed E-state index contributed by atoms with van der Waals surface area (Å²) in [5.41, 5.74) is 7.52. The van der Waals surface area contributed by atoms with E-state index in [0.717, 1.165) is 5.56 Å². The van der Waals surface area contributed by atoms with Crippen LogP contribution in [0.5, 0.6) is 0 Å². The fourth-order valence-electron chi connectivity index (χ4n) is 1.56. The van der Waals surface area contributed by atoms with Crippen LogP contribution >= 0.6 is 11.6 Å². The van der Waals surface area contributed by atoms with Crippen molar-refractivity contribution in [2.24, 2.45) is 0 Å². The van der Waals surface area contributed by atoms with E-state index >= 15 is 0 Å². The van der Waals surface area contributed by atoms with E-state index in [4.69, 9.17) is 22.1 Å². The van der Waals surface area contributed by atoms with Crippen molar-refractivity contribution in [3.8, 4) is 0 Å². The number of rotatable bonds is 3. The quantitative estimate of drug-likeness (QED) is 0.841. The van der Waals surface area contributed by atoms with E-state index in [1.165, 1.54) is 0 Å². The number of carbonyl (C=O) groups is 1. The highest BCUT2D eigenvalue weighted by molar-refractivity contribution is 6.31. The standard InChI is InChI=1S/C14H13ClN2O2/c15-11-6-12(16)8-13(7-11)17-14(18)19-9-10-4-2-1-3-5-10/h1-8H,9,16H2,(H,17,18). The summed E-state index contributed by atoms with van der Waals surface area (Å²) in [5, 5.41) is 3.03. The van der Waals surface area contributed by atoms with E-state index in [1.54, 1.807) is 18.2 Å². The van der Waals surface area contributed by atoms with Gasteiger partial charge in [-0.15, -0.1) is 0 Å². The largest absolute Gasteiger partial charge is 0.444 e. The fourth-order valence-corrected chi connectivity index (χ4v) is 1.81. The predicted molar refractivity (Wildman–Crippen MR) is 76.1 cm³/mol. The molecular formula is C14H13ClN2O2. The Morgan fingerprint density at radius 1 is 1.21 bits per heavy atom. The molecular weight excluding hydrogens is 264 g/mol. The van der Waals surface area contributed by atoms with Crippen LogP contribution in [0.15, 0.2) is 48.5 Å². The molecule has 0 saturated heterocycles. The van der Waals surface area contributed by atoms with Crippen molar-refractivity contribution in [1.82, 2.24) is 0 Å². The molecule has 2 rings (SSSR count). The zero-order chi connectivity index (χ0) is 13.7. The number of nitrogens with two attached hydrogens (primary N) is 1. The van der Waals surface area contributed by atoms with Crippen LogP contribution in [0.2, 0.25) is 5.02 Å². The normalized spacial score (nSPS) is 9.95. The summed E-state index contributed by atoms with van der Waals surface area (Å²) in [6.07, 6.45) is -0.550. The third kappa shape index (κ3) is 4.19. The molecule has 4 nitrogen and oxygen atoms in total. The minimum absolute atomic E-state index is 0.211. The number of nitrogen functional groups attached to an aromatic ring is 1. The van der Waals surface area contributed by atoms with Crippen LogP contribution in [0.3, 0.4) is 0 Å². The van der Waals surface area contributed by atoms with Crippen LogP contribution in [0.4, 0.5) is 16.2 Å². The van der Waals surface area contributed by atoms with Crippen molar-refractivity contribution < 1.29 is 9.53 Å². The number of amides is 1. The Bertz CT molecular complexity index is 553. The van der Waals surface area contributed by atoms with Gasteiger partial charge in [-0.05, 0) is 23.8 Å². The third-order valence-corrected chi connectivity index (χ3v) is 2.60. The van der Waals surface area contributed by atoms with Gasteiger partial charge in [-0.2, -0.15) is 0 Å². The first kappa shape index (κ1) is 13.2. The van der Waals surface area contributed by atoms with Crippen LogP contribution in [-0.4, -0.2) is 6.09 Å². The maximum atomic E-state index is 11.6. The van der Waals surface area contributed by atoms with E-state index in [-0.39, 0.29) is 6.61 Å². The van der Waals surface area contributed by atoms with Crippen LogP contribution in [0, 0.1) is 0 Å². The van der Waals surface area contributed by atoms with E-state index in [1.807, 2.05) is 30.3 Å². The molecule has 0 unspecified atom stereocenters. The van der Waals surface area contributed by atoms with Crippen LogP contribution in [-0.2, 0) is 11.3 Å². The average Bonchev–Trinajstić information content (AvgIpc) is 2.36.